The molecule has 1 unspecified atom stereocenters. The number of carbonyl (C=O) groups excluding carboxylic acids is 1. The summed E-state index contributed by atoms with van der Waals surface area (Å²) < 4.78 is 5.32. The molecule has 0 radical (unpaired) electrons. The largest absolute Gasteiger partial charge is 0.508 e. The number of fused-ring (bicyclic) bond motifs is 1. The maximum Gasteiger partial charge on any atom is 0.262 e. The molecular weight excluding hydrogens is 268 g/mol. The summed E-state index contributed by atoms with van der Waals surface area (Å²) in [5.74, 6) is 0.760. The number of anilines is 2. The number of phenols is 1. The predicted octanol–water partition coefficient (Wildman–Crippen LogP) is 2.90. The summed E-state index contributed by atoms with van der Waals surface area (Å²) in [6.45, 7) is 2.01. The fourth-order valence-corrected chi connectivity index (χ4v) is 2.35. The van der Waals surface area contributed by atoms with Gasteiger partial charge in [-0.25, -0.2) is 0 Å². The van der Waals surface area contributed by atoms with E-state index in [4.69, 9.17) is 4.74 Å². The molecule has 5 nitrogen and oxygen atoms in total. The Bertz CT molecular complexity index is 685. The van der Waals surface area contributed by atoms with Crippen LogP contribution < -0.4 is 15.4 Å². The van der Waals surface area contributed by atoms with Crippen LogP contribution in [0.5, 0.6) is 11.5 Å². The minimum atomic E-state index is -0.159. The van der Waals surface area contributed by atoms with Gasteiger partial charge >= 0.3 is 0 Å². The normalized spacial score (nSPS) is 14.6. The molecule has 2 aromatic carbocycles. The van der Waals surface area contributed by atoms with Crippen LogP contribution >= 0.6 is 0 Å². The van der Waals surface area contributed by atoms with Gasteiger partial charge in [-0.2, -0.15) is 0 Å². The summed E-state index contributed by atoms with van der Waals surface area (Å²) in [5, 5.41) is 15.9. The zero-order chi connectivity index (χ0) is 14.8. The van der Waals surface area contributed by atoms with E-state index in [9.17, 15) is 9.90 Å². The molecule has 1 aliphatic heterocycles. The lowest BCUT2D eigenvalue weighted by atomic mass is 10.1. The van der Waals surface area contributed by atoms with Crippen LogP contribution in [0.2, 0.25) is 0 Å². The van der Waals surface area contributed by atoms with Gasteiger partial charge in [0, 0.05) is 11.3 Å². The first-order valence-electron chi connectivity index (χ1n) is 6.74. The Balaban J connectivity index is 1.81. The highest BCUT2D eigenvalue weighted by atomic mass is 16.5. The van der Waals surface area contributed by atoms with E-state index in [1.54, 1.807) is 12.1 Å². The van der Waals surface area contributed by atoms with Gasteiger partial charge in [0.15, 0.2) is 6.61 Å². The maximum absolute atomic E-state index is 11.3. The van der Waals surface area contributed by atoms with E-state index in [1.165, 1.54) is 0 Å². The highest BCUT2D eigenvalue weighted by Gasteiger charge is 2.17. The number of ether oxygens (including phenoxy) is 1. The Kier molecular flexibility index (Phi) is 3.39. The van der Waals surface area contributed by atoms with Crippen LogP contribution in [-0.4, -0.2) is 17.6 Å². The zero-order valence-corrected chi connectivity index (χ0v) is 11.6. The van der Waals surface area contributed by atoms with Crippen LogP contribution in [0.25, 0.3) is 0 Å². The third-order valence-corrected chi connectivity index (χ3v) is 3.40. The van der Waals surface area contributed by atoms with E-state index in [-0.39, 0.29) is 24.3 Å². The minimum Gasteiger partial charge on any atom is -0.508 e. The van der Waals surface area contributed by atoms with Crippen molar-refractivity contribution in [3.8, 4) is 11.5 Å². The van der Waals surface area contributed by atoms with Crippen molar-refractivity contribution in [1.82, 2.24) is 0 Å². The summed E-state index contributed by atoms with van der Waals surface area (Å²) in [4.78, 5) is 11.3. The zero-order valence-electron chi connectivity index (χ0n) is 11.6. The number of carbonyl (C=O) groups is 1. The molecule has 0 aliphatic carbocycles. The quantitative estimate of drug-likeness (QED) is 0.810. The lowest BCUT2D eigenvalue weighted by molar-refractivity contribution is -0.118. The first-order valence-corrected chi connectivity index (χ1v) is 6.74. The molecule has 21 heavy (non-hydrogen) atoms. The molecule has 5 heteroatoms. The van der Waals surface area contributed by atoms with E-state index in [2.05, 4.69) is 10.6 Å². The highest BCUT2D eigenvalue weighted by molar-refractivity contribution is 5.96. The number of benzene rings is 2. The van der Waals surface area contributed by atoms with Crippen LogP contribution in [-0.2, 0) is 4.79 Å². The lowest BCUT2D eigenvalue weighted by Crippen LogP contribution is -2.25. The van der Waals surface area contributed by atoms with E-state index >= 15 is 0 Å². The van der Waals surface area contributed by atoms with Crippen LogP contribution in [0.3, 0.4) is 0 Å². The lowest BCUT2D eigenvalue weighted by Gasteiger charge is -2.21. The maximum atomic E-state index is 11.3. The molecule has 0 spiro atoms. The predicted molar refractivity (Wildman–Crippen MR) is 80.7 cm³/mol. The standard InChI is InChI=1S/C16H16N2O3/c1-10(12-4-2-3-5-14(12)19)17-11-6-7-15-13(8-11)18-16(20)9-21-15/h2-8,10,17,19H,9H2,1H3,(H,18,20). The topological polar surface area (TPSA) is 70.6 Å². The van der Waals surface area contributed by atoms with E-state index in [0.29, 0.717) is 11.4 Å². The van der Waals surface area contributed by atoms with Gasteiger partial charge in [0.1, 0.15) is 11.5 Å². The number of rotatable bonds is 3. The molecule has 0 bridgehead atoms. The van der Waals surface area contributed by atoms with Crippen LogP contribution in [0.15, 0.2) is 42.5 Å². The number of aromatic hydroxyl groups is 1. The molecule has 1 amide bonds. The van der Waals surface area contributed by atoms with Crippen LogP contribution in [0.4, 0.5) is 11.4 Å². The summed E-state index contributed by atoms with van der Waals surface area (Å²) in [6.07, 6.45) is 0. The summed E-state index contributed by atoms with van der Waals surface area (Å²) in [6, 6.07) is 12.7. The molecule has 108 valence electrons. The van der Waals surface area contributed by atoms with Gasteiger partial charge in [-0.15, -0.1) is 0 Å². The van der Waals surface area contributed by atoms with Crippen LogP contribution in [0.1, 0.15) is 18.5 Å². The van der Waals surface area contributed by atoms with Crippen molar-refractivity contribution in [1.29, 1.82) is 0 Å². The molecule has 0 fully saturated rings. The number of nitrogens with one attached hydrogen (secondary N) is 2. The minimum absolute atomic E-state index is 0.0497. The summed E-state index contributed by atoms with van der Waals surface area (Å²) in [7, 11) is 0. The molecule has 1 atom stereocenters. The van der Waals surface area contributed by atoms with Gasteiger partial charge in [-0.05, 0) is 31.2 Å². The average Bonchev–Trinajstić information content (AvgIpc) is 2.47. The number of hydrogen-bond acceptors (Lipinski definition) is 4. The third kappa shape index (κ3) is 2.76. The molecule has 1 heterocycles. The van der Waals surface area contributed by atoms with Crippen molar-refractivity contribution in [2.75, 3.05) is 17.2 Å². The van der Waals surface area contributed by atoms with E-state index < -0.39 is 0 Å². The second-order valence-corrected chi connectivity index (χ2v) is 4.97. The Labute approximate surface area is 122 Å². The van der Waals surface area contributed by atoms with E-state index in [0.717, 1.165) is 11.3 Å². The van der Waals surface area contributed by atoms with Crippen molar-refractivity contribution in [2.45, 2.75) is 13.0 Å². The van der Waals surface area contributed by atoms with Gasteiger partial charge in [0.05, 0.1) is 11.7 Å². The Morgan fingerprint density at radius 2 is 2.10 bits per heavy atom. The molecule has 0 saturated heterocycles. The van der Waals surface area contributed by atoms with Gasteiger partial charge in [-0.1, -0.05) is 18.2 Å². The van der Waals surface area contributed by atoms with Crippen molar-refractivity contribution in [2.24, 2.45) is 0 Å². The third-order valence-electron chi connectivity index (χ3n) is 3.40. The van der Waals surface area contributed by atoms with Gasteiger partial charge in [-0.3, -0.25) is 4.79 Å². The average molecular weight is 284 g/mol. The van der Waals surface area contributed by atoms with Crippen molar-refractivity contribution in [3.63, 3.8) is 0 Å². The molecule has 3 rings (SSSR count). The SMILES string of the molecule is CC(Nc1ccc2c(c1)NC(=O)CO2)c1ccccc1O. The number of para-hydroxylation sites is 1. The first kappa shape index (κ1) is 13.3. The van der Waals surface area contributed by atoms with Crippen molar-refractivity contribution < 1.29 is 14.6 Å². The second kappa shape index (κ2) is 5.36. The van der Waals surface area contributed by atoms with Crippen molar-refractivity contribution in [3.05, 3.63) is 48.0 Å². The first-order chi connectivity index (χ1) is 10.1. The Morgan fingerprint density at radius 1 is 1.29 bits per heavy atom. The van der Waals surface area contributed by atoms with Crippen LogP contribution in [0, 0.1) is 0 Å². The second-order valence-electron chi connectivity index (χ2n) is 4.97. The highest BCUT2D eigenvalue weighted by Crippen LogP contribution is 2.32. The number of phenolic OH excluding ortho intramolecular Hbond substituents is 1. The molecule has 0 saturated carbocycles. The van der Waals surface area contributed by atoms with Gasteiger partial charge in [0.2, 0.25) is 0 Å². The number of hydrogen-bond donors (Lipinski definition) is 3. The molecule has 1 aliphatic rings. The summed E-state index contributed by atoms with van der Waals surface area (Å²) in [5.41, 5.74) is 2.31. The Hall–Kier alpha value is -2.69. The molecule has 2 aromatic rings. The van der Waals surface area contributed by atoms with Gasteiger partial charge in [0.25, 0.3) is 5.91 Å². The fourth-order valence-electron chi connectivity index (χ4n) is 2.35. The monoisotopic (exact) mass is 284 g/mol. The molecule has 0 aromatic heterocycles. The Morgan fingerprint density at radius 3 is 2.90 bits per heavy atom. The molecular formula is C16H16N2O3. The number of amides is 1. The van der Waals surface area contributed by atoms with E-state index in [1.807, 2.05) is 37.3 Å². The smallest absolute Gasteiger partial charge is 0.262 e. The summed E-state index contributed by atoms with van der Waals surface area (Å²) >= 11 is 0. The molecule has 3 N–H and O–H groups in total. The van der Waals surface area contributed by atoms with Crippen molar-refractivity contribution >= 4 is 17.3 Å². The van der Waals surface area contributed by atoms with Gasteiger partial charge < -0.3 is 20.5 Å². The fraction of sp³-hybridized carbons (Fsp3) is 0.188.